The summed E-state index contributed by atoms with van der Waals surface area (Å²) < 4.78 is 19.0. The van der Waals surface area contributed by atoms with E-state index in [0.717, 1.165) is 5.76 Å². The average Bonchev–Trinajstić information content (AvgIpc) is 2.82. The first-order valence-electron chi connectivity index (χ1n) is 5.21. The molecule has 0 bridgehead atoms. The number of halogens is 2. The maximum Gasteiger partial charge on any atom is 0.149 e. The molecule has 0 radical (unpaired) electrons. The summed E-state index contributed by atoms with van der Waals surface area (Å²) in [6.07, 6.45) is 1.60. The lowest BCUT2D eigenvalue weighted by Gasteiger charge is -2.18. The van der Waals surface area contributed by atoms with Crippen molar-refractivity contribution in [1.29, 1.82) is 0 Å². The fraction of sp³-hybridized carbons (Fsp3) is 0.167. The van der Waals surface area contributed by atoms with Crippen molar-refractivity contribution in [3.8, 4) is 0 Å². The first-order valence-corrected chi connectivity index (χ1v) is 6.57. The molecule has 0 aliphatic heterocycles. The second-order valence-electron chi connectivity index (χ2n) is 3.69. The van der Waals surface area contributed by atoms with Crippen molar-refractivity contribution in [2.24, 2.45) is 5.84 Å². The van der Waals surface area contributed by atoms with Crippen LogP contribution in [0.25, 0.3) is 0 Å². The summed E-state index contributed by atoms with van der Waals surface area (Å²) >= 11 is 7.47. The maximum atomic E-state index is 13.7. The zero-order valence-electron chi connectivity index (χ0n) is 9.69. The summed E-state index contributed by atoms with van der Waals surface area (Å²) in [4.78, 5) is 0.609. The van der Waals surface area contributed by atoms with Gasteiger partial charge < -0.3 is 9.43 Å². The standard InChI is InChI=1S/C12H12ClFN2OS/c1-16(15)11-10(14)5-4-9(13)12(11)18-7-8-3-2-6-17-8/h2-6H,7,15H2,1H3. The number of benzene rings is 1. The Morgan fingerprint density at radius 2 is 2.22 bits per heavy atom. The van der Waals surface area contributed by atoms with Gasteiger partial charge in [-0.15, -0.1) is 11.8 Å². The lowest BCUT2D eigenvalue weighted by atomic mass is 10.3. The van der Waals surface area contributed by atoms with E-state index in [0.29, 0.717) is 21.4 Å². The molecule has 96 valence electrons. The predicted molar refractivity (Wildman–Crippen MR) is 72.3 cm³/mol. The Hall–Kier alpha value is -1.17. The molecule has 1 heterocycles. The average molecular weight is 287 g/mol. The molecule has 0 atom stereocenters. The van der Waals surface area contributed by atoms with Crippen molar-refractivity contribution in [2.45, 2.75) is 10.6 Å². The van der Waals surface area contributed by atoms with Gasteiger partial charge in [-0.1, -0.05) is 11.6 Å². The summed E-state index contributed by atoms with van der Waals surface area (Å²) in [6, 6.07) is 6.48. The Bertz CT molecular complexity index is 531. The first-order chi connectivity index (χ1) is 8.59. The number of nitrogens with zero attached hydrogens (tertiary/aromatic N) is 1. The summed E-state index contributed by atoms with van der Waals surface area (Å²) in [5.41, 5.74) is 0.291. The molecule has 0 spiro atoms. The molecular weight excluding hydrogens is 275 g/mol. The number of anilines is 1. The van der Waals surface area contributed by atoms with Crippen LogP contribution in [0.5, 0.6) is 0 Å². The second kappa shape index (κ2) is 5.65. The lowest BCUT2D eigenvalue weighted by molar-refractivity contribution is 0.530. The van der Waals surface area contributed by atoms with Gasteiger partial charge in [-0.2, -0.15) is 0 Å². The van der Waals surface area contributed by atoms with Crippen LogP contribution in [-0.4, -0.2) is 7.05 Å². The first kappa shape index (κ1) is 13.3. The van der Waals surface area contributed by atoms with Gasteiger partial charge in [-0.25, -0.2) is 10.2 Å². The van der Waals surface area contributed by atoms with Gasteiger partial charge in [0.25, 0.3) is 0 Å². The van der Waals surface area contributed by atoms with Crippen LogP contribution in [0, 0.1) is 5.82 Å². The predicted octanol–water partition coefficient (Wildman–Crippen LogP) is 3.67. The zero-order valence-corrected chi connectivity index (χ0v) is 11.3. The van der Waals surface area contributed by atoms with Gasteiger partial charge in [0, 0.05) is 7.05 Å². The van der Waals surface area contributed by atoms with E-state index in [1.54, 1.807) is 19.4 Å². The molecule has 2 N–H and O–H groups in total. The van der Waals surface area contributed by atoms with E-state index in [4.69, 9.17) is 21.9 Å². The minimum atomic E-state index is -0.397. The molecule has 2 rings (SSSR count). The van der Waals surface area contributed by atoms with E-state index in [-0.39, 0.29) is 0 Å². The van der Waals surface area contributed by atoms with Gasteiger partial charge in [0.15, 0.2) is 0 Å². The number of rotatable bonds is 4. The summed E-state index contributed by atoms with van der Waals surface area (Å²) in [6.45, 7) is 0. The molecular formula is C12H12ClFN2OS. The van der Waals surface area contributed by atoms with Crippen LogP contribution in [-0.2, 0) is 5.75 Å². The maximum absolute atomic E-state index is 13.7. The Balaban J connectivity index is 2.28. The quantitative estimate of drug-likeness (QED) is 0.529. The fourth-order valence-electron chi connectivity index (χ4n) is 1.53. The van der Waals surface area contributed by atoms with E-state index < -0.39 is 5.82 Å². The van der Waals surface area contributed by atoms with Crippen molar-refractivity contribution in [2.75, 3.05) is 12.1 Å². The number of thioether (sulfide) groups is 1. The largest absolute Gasteiger partial charge is 0.468 e. The van der Waals surface area contributed by atoms with Gasteiger partial charge in [-0.05, 0) is 24.3 Å². The van der Waals surface area contributed by atoms with E-state index in [9.17, 15) is 4.39 Å². The molecule has 1 aromatic heterocycles. The Morgan fingerprint density at radius 1 is 1.44 bits per heavy atom. The third-order valence-corrected chi connectivity index (χ3v) is 3.88. The molecule has 0 amide bonds. The van der Waals surface area contributed by atoms with E-state index in [1.807, 2.05) is 6.07 Å². The number of hydrazine groups is 1. The van der Waals surface area contributed by atoms with Crippen LogP contribution in [0.15, 0.2) is 39.8 Å². The molecule has 3 nitrogen and oxygen atoms in total. The summed E-state index contributed by atoms with van der Waals surface area (Å²) in [5, 5.41) is 1.70. The molecule has 1 aromatic carbocycles. The van der Waals surface area contributed by atoms with Crippen molar-refractivity contribution < 1.29 is 8.81 Å². The number of hydrogen-bond donors (Lipinski definition) is 1. The molecule has 0 saturated heterocycles. The number of nitrogens with two attached hydrogens (primary N) is 1. The molecule has 18 heavy (non-hydrogen) atoms. The molecule has 0 aliphatic rings. The topological polar surface area (TPSA) is 42.4 Å². The van der Waals surface area contributed by atoms with Crippen LogP contribution >= 0.6 is 23.4 Å². The Kier molecular flexibility index (Phi) is 4.16. The van der Waals surface area contributed by atoms with Gasteiger partial charge in [0.2, 0.25) is 0 Å². The van der Waals surface area contributed by atoms with Crippen molar-refractivity contribution in [3.63, 3.8) is 0 Å². The van der Waals surface area contributed by atoms with Gasteiger partial charge in [0.1, 0.15) is 17.3 Å². The SMILES string of the molecule is CN(N)c1c(F)ccc(Cl)c1SCc1ccco1. The van der Waals surface area contributed by atoms with Crippen LogP contribution in [0.3, 0.4) is 0 Å². The normalized spacial score (nSPS) is 10.7. The van der Waals surface area contributed by atoms with E-state index >= 15 is 0 Å². The third kappa shape index (κ3) is 2.80. The summed E-state index contributed by atoms with van der Waals surface area (Å²) in [7, 11) is 1.58. The molecule has 0 unspecified atom stereocenters. The van der Waals surface area contributed by atoms with Crippen molar-refractivity contribution in [3.05, 3.63) is 47.1 Å². The van der Waals surface area contributed by atoms with Crippen LogP contribution in [0.4, 0.5) is 10.1 Å². The van der Waals surface area contributed by atoms with Crippen LogP contribution in [0.2, 0.25) is 5.02 Å². The molecule has 0 aliphatic carbocycles. The highest BCUT2D eigenvalue weighted by atomic mass is 35.5. The van der Waals surface area contributed by atoms with Crippen molar-refractivity contribution in [1.82, 2.24) is 0 Å². The van der Waals surface area contributed by atoms with Crippen molar-refractivity contribution >= 4 is 29.1 Å². The minimum Gasteiger partial charge on any atom is -0.468 e. The zero-order chi connectivity index (χ0) is 13.1. The number of furan rings is 1. The minimum absolute atomic E-state index is 0.291. The fourth-order valence-corrected chi connectivity index (χ4v) is 2.88. The van der Waals surface area contributed by atoms with Gasteiger partial charge >= 0.3 is 0 Å². The Morgan fingerprint density at radius 3 is 2.83 bits per heavy atom. The Labute approximate surface area is 114 Å². The highest BCUT2D eigenvalue weighted by molar-refractivity contribution is 7.98. The molecule has 6 heteroatoms. The van der Waals surface area contributed by atoms with Gasteiger partial charge in [-0.3, -0.25) is 0 Å². The van der Waals surface area contributed by atoms with Crippen LogP contribution in [0.1, 0.15) is 5.76 Å². The lowest BCUT2D eigenvalue weighted by Crippen LogP contribution is -2.26. The molecule has 2 aromatic rings. The smallest absolute Gasteiger partial charge is 0.149 e. The molecule has 0 fully saturated rings. The van der Waals surface area contributed by atoms with E-state index in [2.05, 4.69) is 0 Å². The second-order valence-corrected chi connectivity index (χ2v) is 5.08. The monoisotopic (exact) mass is 286 g/mol. The molecule has 0 saturated carbocycles. The van der Waals surface area contributed by atoms with E-state index in [1.165, 1.54) is 28.9 Å². The van der Waals surface area contributed by atoms with Gasteiger partial charge in [0.05, 0.1) is 21.9 Å². The number of hydrogen-bond acceptors (Lipinski definition) is 4. The highest BCUT2D eigenvalue weighted by Crippen LogP contribution is 2.38. The third-order valence-electron chi connectivity index (χ3n) is 2.33. The summed E-state index contributed by atoms with van der Waals surface area (Å²) in [5.74, 6) is 6.60. The van der Waals surface area contributed by atoms with Crippen LogP contribution < -0.4 is 10.9 Å². The highest BCUT2D eigenvalue weighted by Gasteiger charge is 2.16.